The second-order valence-corrected chi connectivity index (χ2v) is 4.71. The molecule has 1 aromatic carbocycles. The maximum Gasteiger partial charge on any atom is 0.337 e. The molecule has 0 heterocycles. The maximum atomic E-state index is 11.7. The van der Waals surface area contributed by atoms with Crippen LogP contribution in [0, 0.1) is 0 Å². The third-order valence-corrected chi connectivity index (χ3v) is 3.01. The van der Waals surface area contributed by atoms with Gasteiger partial charge in [-0.3, -0.25) is 0 Å². The van der Waals surface area contributed by atoms with Crippen LogP contribution in [0.15, 0.2) is 18.2 Å². The molecule has 0 aliphatic carbocycles. The number of hydrogen-bond donors (Lipinski definition) is 3. The molecule has 0 fully saturated rings. The summed E-state index contributed by atoms with van der Waals surface area (Å²) in [6, 6.07) is 3.84. The van der Waals surface area contributed by atoms with Crippen LogP contribution in [-0.4, -0.2) is 48.7 Å². The lowest BCUT2D eigenvalue weighted by atomic mass is 10.2. The summed E-state index contributed by atoms with van der Waals surface area (Å²) < 4.78 is 0. The Morgan fingerprint density at radius 1 is 1.40 bits per heavy atom. The van der Waals surface area contributed by atoms with Crippen molar-refractivity contribution in [1.29, 1.82) is 0 Å². The number of hydrogen-bond acceptors (Lipinski definition) is 3. The van der Waals surface area contributed by atoms with Crippen molar-refractivity contribution in [3.05, 3.63) is 28.8 Å². The van der Waals surface area contributed by atoms with E-state index in [1.54, 1.807) is 0 Å². The van der Waals surface area contributed by atoms with Gasteiger partial charge < -0.3 is 20.6 Å². The minimum Gasteiger partial charge on any atom is -0.478 e. The molecular formula is C13H18ClN3O3. The molecule has 3 N–H and O–H groups in total. The monoisotopic (exact) mass is 299 g/mol. The highest BCUT2D eigenvalue weighted by Gasteiger charge is 2.12. The van der Waals surface area contributed by atoms with Crippen LogP contribution in [0.5, 0.6) is 0 Å². The van der Waals surface area contributed by atoms with E-state index in [0.717, 1.165) is 13.1 Å². The lowest BCUT2D eigenvalue weighted by Crippen LogP contribution is -2.35. The Labute approximate surface area is 122 Å². The first-order valence-electron chi connectivity index (χ1n) is 6.20. The molecule has 0 aliphatic heterocycles. The van der Waals surface area contributed by atoms with Gasteiger partial charge in [0.1, 0.15) is 0 Å². The summed E-state index contributed by atoms with van der Waals surface area (Å²) in [5.41, 5.74) is 0.168. The van der Waals surface area contributed by atoms with E-state index in [9.17, 15) is 9.59 Å². The van der Waals surface area contributed by atoms with Gasteiger partial charge in [-0.05, 0) is 31.8 Å². The highest BCUT2D eigenvalue weighted by molar-refractivity contribution is 6.31. The van der Waals surface area contributed by atoms with Crippen molar-refractivity contribution in [2.45, 2.75) is 6.92 Å². The molecule has 0 aromatic heterocycles. The number of amides is 2. The Bertz CT molecular complexity index is 494. The first-order chi connectivity index (χ1) is 9.43. The molecule has 0 aliphatic rings. The van der Waals surface area contributed by atoms with E-state index in [4.69, 9.17) is 16.7 Å². The van der Waals surface area contributed by atoms with Crippen molar-refractivity contribution in [1.82, 2.24) is 10.2 Å². The topological polar surface area (TPSA) is 81.7 Å². The van der Waals surface area contributed by atoms with E-state index >= 15 is 0 Å². The molecule has 110 valence electrons. The van der Waals surface area contributed by atoms with E-state index in [1.165, 1.54) is 18.2 Å². The van der Waals surface area contributed by atoms with Crippen LogP contribution in [0.25, 0.3) is 0 Å². The van der Waals surface area contributed by atoms with Crippen molar-refractivity contribution >= 4 is 29.3 Å². The largest absolute Gasteiger partial charge is 0.478 e. The summed E-state index contributed by atoms with van der Waals surface area (Å²) in [5.74, 6) is -1.14. The van der Waals surface area contributed by atoms with Crippen LogP contribution >= 0.6 is 11.6 Å². The van der Waals surface area contributed by atoms with Gasteiger partial charge in [-0.15, -0.1) is 0 Å². The summed E-state index contributed by atoms with van der Waals surface area (Å²) in [5, 5.41) is 14.5. The zero-order chi connectivity index (χ0) is 15.1. The van der Waals surface area contributed by atoms with Crippen LogP contribution in [0.1, 0.15) is 17.3 Å². The van der Waals surface area contributed by atoms with Gasteiger partial charge in [-0.2, -0.15) is 0 Å². The molecule has 6 nitrogen and oxygen atoms in total. The number of carbonyl (C=O) groups is 2. The Morgan fingerprint density at radius 3 is 2.70 bits per heavy atom. The van der Waals surface area contributed by atoms with Gasteiger partial charge in [0, 0.05) is 18.1 Å². The van der Waals surface area contributed by atoms with E-state index in [1.807, 2.05) is 18.9 Å². The molecule has 2 amide bonds. The van der Waals surface area contributed by atoms with Crippen molar-refractivity contribution < 1.29 is 14.7 Å². The van der Waals surface area contributed by atoms with Gasteiger partial charge >= 0.3 is 12.0 Å². The molecule has 1 aromatic rings. The SMILES string of the molecule is CCN(C)CCNC(=O)Nc1ccc(Cl)cc1C(=O)O. The Kier molecular flexibility index (Phi) is 6.27. The van der Waals surface area contributed by atoms with Gasteiger partial charge in [-0.1, -0.05) is 18.5 Å². The number of carboxylic acids is 1. The summed E-state index contributed by atoms with van der Waals surface area (Å²) >= 11 is 5.73. The fourth-order valence-corrected chi connectivity index (χ4v) is 1.66. The lowest BCUT2D eigenvalue weighted by molar-refractivity contribution is 0.0698. The normalized spacial score (nSPS) is 10.4. The predicted molar refractivity (Wildman–Crippen MR) is 78.6 cm³/mol. The highest BCUT2D eigenvalue weighted by atomic mass is 35.5. The third-order valence-electron chi connectivity index (χ3n) is 2.78. The number of anilines is 1. The summed E-state index contributed by atoms with van der Waals surface area (Å²) in [6.07, 6.45) is 0. The number of benzene rings is 1. The zero-order valence-corrected chi connectivity index (χ0v) is 12.2. The molecular weight excluding hydrogens is 282 g/mol. The zero-order valence-electron chi connectivity index (χ0n) is 11.4. The van der Waals surface area contributed by atoms with Crippen LogP contribution in [0.3, 0.4) is 0 Å². The number of rotatable bonds is 6. The predicted octanol–water partition coefficient (Wildman–Crippen LogP) is 2.11. The van der Waals surface area contributed by atoms with Crippen molar-refractivity contribution in [2.75, 3.05) is 32.0 Å². The highest BCUT2D eigenvalue weighted by Crippen LogP contribution is 2.20. The maximum absolute atomic E-state index is 11.7. The number of aromatic carboxylic acids is 1. The van der Waals surface area contributed by atoms with E-state index in [0.29, 0.717) is 11.6 Å². The van der Waals surface area contributed by atoms with E-state index < -0.39 is 12.0 Å². The molecule has 7 heteroatoms. The number of urea groups is 1. The quantitative estimate of drug-likeness (QED) is 0.751. The van der Waals surface area contributed by atoms with E-state index in [2.05, 4.69) is 10.6 Å². The second kappa shape index (κ2) is 7.72. The average Bonchev–Trinajstić information content (AvgIpc) is 2.40. The minimum absolute atomic E-state index is 0.0432. The minimum atomic E-state index is -1.14. The first-order valence-corrected chi connectivity index (χ1v) is 6.58. The first kappa shape index (κ1) is 16.3. The van der Waals surface area contributed by atoms with Crippen molar-refractivity contribution in [3.63, 3.8) is 0 Å². The fraction of sp³-hybridized carbons (Fsp3) is 0.385. The molecule has 0 spiro atoms. The molecule has 0 saturated carbocycles. The van der Waals surface area contributed by atoms with Crippen LogP contribution < -0.4 is 10.6 Å². The van der Waals surface area contributed by atoms with E-state index in [-0.39, 0.29) is 11.3 Å². The summed E-state index contributed by atoms with van der Waals surface area (Å²) in [7, 11) is 1.95. The molecule has 20 heavy (non-hydrogen) atoms. The number of halogens is 1. The molecule has 0 unspecified atom stereocenters. The van der Waals surface area contributed by atoms with Crippen LogP contribution in [0.2, 0.25) is 5.02 Å². The average molecular weight is 300 g/mol. The summed E-state index contributed by atoms with van der Waals surface area (Å²) in [6.45, 7) is 4.11. The van der Waals surface area contributed by atoms with Crippen molar-refractivity contribution in [3.8, 4) is 0 Å². The molecule has 0 bridgehead atoms. The molecule has 1 rings (SSSR count). The lowest BCUT2D eigenvalue weighted by Gasteiger charge is -2.14. The smallest absolute Gasteiger partial charge is 0.337 e. The van der Waals surface area contributed by atoms with Crippen molar-refractivity contribution in [2.24, 2.45) is 0 Å². The van der Waals surface area contributed by atoms with Crippen LogP contribution in [0.4, 0.5) is 10.5 Å². The third kappa shape index (κ3) is 5.07. The number of carboxylic acid groups (broad SMARTS) is 1. The molecule has 0 radical (unpaired) electrons. The number of likely N-dealkylation sites (N-methyl/N-ethyl adjacent to an activating group) is 1. The number of nitrogens with one attached hydrogen (secondary N) is 2. The Balaban J connectivity index is 2.60. The summed E-state index contributed by atoms with van der Waals surface area (Å²) in [4.78, 5) is 24.8. The molecule has 0 atom stereocenters. The standard InChI is InChI=1S/C13H18ClN3O3/c1-3-17(2)7-6-15-13(20)16-11-5-4-9(14)8-10(11)12(18)19/h4-5,8H,3,6-7H2,1-2H3,(H,18,19)(H2,15,16,20). The Hall–Kier alpha value is -1.79. The molecule has 0 saturated heterocycles. The van der Waals surface area contributed by atoms with Gasteiger partial charge in [0.05, 0.1) is 11.3 Å². The van der Waals surface area contributed by atoms with Gasteiger partial charge in [0.2, 0.25) is 0 Å². The second-order valence-electron chi connectivity index (χ2n) is 4.27. The Morgan fingerprint density at radius 2 is 2.10 bits per heavy atom. The number of nitrogens with zero attached hydrogens (tertiary/aromatic N) is 1. The fourth-order valence-electron chi connectivity index (χ4n) is 1.49. The van der Waals surface area contributed by atoms with Gasteiger partial charge in [-0.25, -0.2) is 9.59 Å². The van der Waals surface area contributed by atoms with Gasteiger partial charge in [0.25, 0.3) is 0 Å². The van der Waals surface area contributed by atoms with Gasteiger partial charge in [0.15, 0.2) is 0 Å². The number of carbonyl (C=O) groups excluding carboxylic acids is 1. The van der Waals surface area contributed by atoms with Crippen LogP contribution in [-0.2, 0) is 0 Å².